The topological polar surface area (TPSA) is 0 Å². The minimum atomic E-state index is -0.0735. The number of hydrogen-bond donors (Lipinski definition) is 0. The summed E-state index contributed by atoms with van der Waals surface area (Å²) < 4.78 is 0. The first-order valence-electron chi connectivity index (χ1n) is 7.69. The molecule has 0 unspecified atom stereocenters. The largest absolute Gasteiger partial charge is 0.0911 e. The molecule has 0 aromatic heterocycles. The van der Waals surface area contributed by atoms with E-state index in [0.29, 0.717) is 10.3 Å². The molecule has 0 nitrogen and oxygen atoms in total. The predicted molar refractivity (Wildman–Crippen MR) is 95.5 cm³/mol. The van der Waals surface area contributed by atoms with E-state index < -0.39 is 0 Å². The van der Waals surface area contributed by atoms with Crippen molar-refractivity contribution in [3.8, 4) is 0 Å². The lowest BCUT2D eigenvalue weighted by atomic mass is 9.95. The molecule has 0 spiro atoms. The summed E-state index contributed by atoms with van der Waals surface area (Å²) >= 11 is 0. The Bertz CT molecular complexity index is 470. The third kappa shape index (κ3) is 3.85. The van der Waals surface area contributed by atoms with Gasteiger partial charge in [0.25, 0.3) is 0 Å². The molecule has 114 valence electrons. The SMILES string of the molecule is Cc1cc(C)c(CP(C(C)(C)C)C(C)(C)C)c(C)c1C. The molecule has 0 saturated heterocycles. The van der Waals surface area contributed by atoms with Crippen LogP contribution in [0.15, 0.2) is 6.07 Å². The minimum Gasteiger partial charge on any atom is -0.0911 e. The zero-order chi connectivity index (χ0) is 15.9. The predicted octanol–water partition coefficient (Wildman–Crippen LogP) is 6.50. The second-order valence-electron chi connectivity index (χ2n) is 8.17. The van der Waals surface area contributed by atoms with Gasteiger partial charge in [0.15, 0.2) is 0 Å². The van der Waals surface area contributed by atoms with Gasteiger partial charge < -0.3 is 0 Å². The lowest BCUT2D eigenvalue weighted by Gasteiger charge is -2.42. The second-order valence-corrected chi connectivity index (χ2v) is 12.0. The van der Waals surface area contributed by atoms with E-state index in [-0.39, 0.29) is 7.92 Å². The van der Waals surface area contributed by atoms with Gasteiger partial charge in [0.2, 0.25) is 0 Å². The highest BCUT2D eigenvalue weighted by atomic mass is 31.1. The monoisotopic (exact) mass is 292 g/mol. The molecule has 0 amide bonds. The Labute approximate surface area is 128 Å². The van der Waals surface area contributed by atoms with Gasteiger partial charge >= 0.3 is 0 Å². The third-order valence-electron chi connectivity index (χ3n) is 4.45. The van der Waals surface area contributed by atoms with Crippen LogP contribution in [0, 0.1) is 27.7 Å². The summed E-state index contributed by atoms with van der Waals surface area (Å²) in [6.07, 6.45) is 1.25. The Balaban J connectivity index is 3.30. The number of aryl methyl sites for hydroxylation is 2. The molecular formula is C19H33P. The van der Waals surface area contributed by atoms with Crippen LogP contribution in [0.1, 0.15) is 69.4 Å². The molecule has 0 aliphatic carbocycles. The lowest BCUT2D eigenvalue weighted by molar-refractivity contribution is 0.702. The number of rotatable bonds is 2. The van der Waals surface area contributed by atoms with Crippen LogP contribution < -0.4 is 0 Å². The summed E-state index contributed by atoms with van der Waals surface area (Å²) in [4.78, 5) is 0. The Hall–Kier alpha value is -0.350. The fraction of sp³-hybridized carbons (Fsp3) is 0.684. The number of hydrogen-bond acceptors (Lipinski definition) is 0. The van der Waals surface area contributed by atoms with E-state index in [0.717, 1.165) is 0 Å². The first kappa shape index (κ1) is 17.7. The third-order valence-corrected chi connectivity index (χ3v) is 8.32. The van der Waals surface area contributed by atoms with Crippen molar-refractivity contribution in [1.29, 1.82) is 0 Å². The first-order chi connectivity index (χ1) is 8.85. The summed E-state index contributed by atoms with van der Waals surface area (Å²) in [5.74, 6) is 0. The molecule has 0 radical (unpaired) electrons. The van der Waals surface area contributed by atoms with Crippen LogP contribution in [-0.4, -0.2) is 10.3 Å². The highest BCUT2D eigenvalue weighted by Crippen LogP contribution is 2.61. The van der Waals surface area contributed by atoms with Crippen LogP contribution in [-0.2, 0) is 6.16 Å². The van der Waals surface area contributed by atoms with Crippen LogP contribution in [0.3, 0.4) is 0 Å². The van der Waals surface area contributed by atoms with Gasteiger partial charge in [0.05, 0.1) is 0 Å². The van der Waals surface area contributed by atoms with E-state index >= 15 is 0 Å². The average Bonchev–Trinajstić information content (AvgIpc) is 2.22. The zero-order valence-electron chi connectivity index (χ0n) is 15.2. The summed E-state index contributed by atoms with van der Waals surface area (Å²) in [7, 11) is -0.0735. The maximum atomic E-state index is 2.41. The molecule has 1 aromatic rings. The van der Waals surface area contributed by atoms with E-state index in [9.17, 15) is 0 Å². The van der Waals surface area contributed by atoms with Crippen LogP contribution in [0.5, 0.6) is 0 Å². The Morgan fingerprint density at radius 2 is 1.20 bits per heavy atom. The van der Waals surface area contributed by atoms with Crippen molar-refractivity contribution in [2.75, 3.05) is 0 Å². The van der Waals surface area contributed by atoms with Crippen LogP contribution in [0.25, 0.3) is 0 Å². The normalized spacial score (nSPS) is 13.2. The summed E-state index contributed by atoms with van der Waals surface area (Å²) in [5.41, 5.74) is 7.50. The molecular weight excluding hydrogens is 259 g/mol. The van der Waals surface area contributed by atoms with Gasteiger partial charge in [-0.25, -0.2) is 0 Å². The molecule has 20 heavy (non-hydrogen) atoms. The fourth-order valence-corrected chi connectivity index (χ4v) is 6.98. The fourth-order valence-electron chi connectivity index (χ4n) is 3.22. The van der Waals surface area contributed by atoms with E-state index in [4.69, 9.17) is 0 Å². The summed E-state index contributed by atoms with van der Waals surface area (Å²) in [6, 6.07) is 2.37. The van der Waals surface area contributed by atoms with E-state index in [1.54, 1.807) is 5.56 Å². The van der Waals surface area contributed by atoms with Crippen molar-refractivity contribution < 1.29 is 0 Å². The molecule has 0 aliphatic heterocycles. The van der Waals surface area contributed by atoms with Gasteiger partial charge in [-0.05, 0) is 72.0 Å². The Kier molecular flexibility index (Phi) is 5.13. The maximum absolute atomic E-state index is 2.41. The zero-order valence-corrected chi connectivity index (χ0v) is 16.1. The average molecular weight is 292 g/mol. The van der Waals surface area contributed by atoms with Gasteiger partial charge in [-0.2, -0.15) is 0 Å². The molecule has 1 heteroatoms. The maximum Gasteiger partial charge on any atom is -0.00583 e. The molecule has 0 fully saturated rings. The minimum absolute atomic E-state index is 0.0735. The molecule has 0 saturated carbocycles. The van der Waals surface area contributed by atoms with Crippen molar-refractivity contribution >= 4 is 7.92 Å². The van der Waals surface area contributed by atoms with E-state index in [2.05, 4.69) is 75.3 Å². The smallest absolute Gasteiger partial charge is 0.00583 e. The van der Waals surface area contributed by atoms with Crippen molar-refractivity contribution in [2.24, 2.45) is 0 Å². The van der Waals surface area contributed by atoms with Crippen molar-refractivity contribution in [3.05, 3.63) is 33.9 Å². The quantitative estimate of drug-likeness (QED) is 0.546. The van der Waals surface area contributed by atoms with Gasteiger partial charge in [0.1, 0.15) is 0 Å². The molecule has 0 bridgehead atoms. The molecule has 0 heterocycles. The van der Waals surface area contributed by atoms with Gasteiger partial charge in [-0.1, -0.05) is 55.5 Å². The van der Waals surface area contributed by atoms with E-state index in [1.165, 1.54) is 28.4 Å². The van der Waals surface area contributed by atoms with E-state index in [1.807, 2.05) is 0 Å². The standard InChI is InChI=1S/C19H33P/c1-13-11-14(2)17(16(4)15(13)3)12-20(18(5,6)7)19(8,9)10/h11H,12H2,1-10H3. The second kappa shape index (κ2) is 5.80. The molecule has 1 aromatic carbocycles. The van der Waals surface area contributed by atoms with Crippen LogP contribution in [0.2, 0.25) is 0 Å². The molecule has 0 atom stereocenters. The first-order valence-corrected chi connectivity index (χ1v) is 9.22. The van der Waals surface area contributed by atoms with Gasteiger partial charge in [-0.3, -0.25) is 0 Å². The van der Waals surface area contributed by atoms with Gasteiger partial charge in [0, 0.05) is 0 Å². The van der Waals surface area contributed by atoms with Crippen LogP contribution in [0.4, 0.5) is 0 Å². The van der Waals surface area contributed by atoms with Crippen molar-refractivity contribution in [2.45, 2.75) is 85.7 Å². The molecule has 0 aliphatic rings. The highest BCUT2D eigenvalue weighted by Gasteiger charge is 2.34. The lowest BCUT2D eigenvalue weighted by Crippen LogP contribution is -2.26. The van der Waals surface area contributed by atoms with Gasteiger partial charge in [-0.15, -0.1) is 0 Å². The highest BCUT2D eigenvalue weighted by molar-refractivity contribution is 7.60. The van der Waals surface area contributed by atoms with Crippen molar-refractivity contribution in [3.63, 3.8) is 0 Å². The molecule has 1 rings (SSSR count). The number of benzene rings is 1. The summed E-state index contributed by atoms with van der Waals surface area (Å²) in [5, 5.41) is 0.788. The summed E-state index contributed by atoms with van der Waals surface area (Å²) in [6.45, 7) is 23.6. The molecule has 0 N–H and O–H groups in total. The van der Waals surface area contributed by atoms with Crippen molar-refractivity contribution in [1.82, 2.24) is 0 Å². The Morgan fingerprint density at radius 1 is 0.750 bits per heavy atom. The van der Waals surface area contributed by atoms with Crippen LogP contribution >= 0.6 is 7.92 Å². The Morgan fingerprint density at radius 3 is 1.60 bits per heavy atom.